The van der Waals surface area contributed by atoms with E-state index in [0.29, 0.717) is 0 Å². The van der Waals surface area contributed by atoms with E-state index in [-0.39, 0.29) is 16.9 Å². The second-order valence-corrected chi connectivity index (χ2v) is 5.44. The number of pyridine rings is 1. The van der Waals surface area contributed by atoms with Gasteiger partial charge in [-0.25, -0.2) is 9.37 Å². The van der Waals surface area contributed by atoms with Crippen LogP contribution in [-0.2, 0) is 0 Å². The summed E-state index contributed by atoms with van der Waals surface area (Å²) < 4.78 is 13.8. The topological polar surface area (TPSA) is 52.0 Å². The summed E-state index contributed by atoms with van der Waals surface area (Å²) in [4.78, 5) is 6.51. The molecule has 0 unspecified atom stereocenters. The summed E-state index contributed by atoms with van der Waals surface area (Å²) in [7, 11) is 0. The zero-order valence-electron chi connectivity index (χ0n) is 10.8. The molecule has 3 rings (SSSR count). The lowest BCUT2D eigenvalue weighted by molar-refractivity contribution is 0.209. The Morgan fingerprint density at radius 2 is 2.16 bits per heavy atom. The summed E-state index contributed by atoms with van der Waals surface area (Å²) in [6.07, 6.45) is 6.22. The summed E-state index contributed by atoms with van der Waals surface area (Å²) in [6.45, 7) is 3.05. The average molecular weight is 260 g/mol. The molecule has 0 radical (unpaired) electrons. The Balaban J connectivity index is 1.71. The van der Waals surface area contributed by atoms with Crippen LogP contribution in [0.1, 0.15) is 31.2 Å². The molecule has 0 saturated carbocycles. The number of rotatable bonds is 3. The highest BCUT2D eigenvalue weighted by Crippen LogP contribution is 2.38. The highest BCUT2D eigenvalue weighted by atomic mass is 19.1. The molecule has 0 amide bonds. The minimum atomic E-state index is -0.446. The SMILES string of the molecule is N#Cc1cnc(NCC23CCCN2CCC3)c(F)c1. The highest BCUT2D eigenvalue weighted by molar-refractivity contribution is 5.41. The maximum Gasteiger partial charge on any atom is 0.166 e. The van der Waals surface area contributed by atoms with Crippen molar-refractivity contribution in [1.82, 2.24) is 9.88 Å². The van der Waals surface area contributed by atoms with E-state index in [1.807, 2.05) is 6.07 Å². The quantitative estimate of drug-likeness (QED) is 0.904. The van der Waals surface area contributed by atoms with Crippen molar-refractivity contribution < 1.29 is 4.39 Å². The van der Waals surface area contributed by atoms with Gasteiger partial charge < -0.3 is 5.32 Å². The zero-order chi connectivity index (χ0) is 13.3. The van der Waals surface area contributed by atoms with Crippen molar-refractivity contribution in [2.24, 2.45) is 0 Å². The third-order valence-corrected chi connectivity index (χ3v) is 4.37. The number of nitrogens with one attached hydrogen (secondary N) is 1. The van der Waals surface area contributed by atoms with Crippen molar-refractivity contribution in [2.45, 2.75) is 31.2 Å². The van der Waals surface area contributed by atoms with Gasteiger partial charge in [0.25, 0.3) is 0 Å². The highest BCUT2D eigenvalue weighted by Gasteiger charge is 2.43. The number of hydrogen-bond acceptors (Lipinski definition) is 4. The van der Waals surface area contributed by atoms with Crippen LogP contribution in [0.15, 0.2) is 12.3 Å². The van der Waals surface area contributed by atoms with Crippen LogP contribution in [0, 0.1) is 17.1 Å². The van der Waals surface area contributed by atoms with Crippen molar-refractivity contribution in [3.8, 4) is 6.07 Å². The van der Waals surface area contributed by atoms with Gasteiger partial charge in [0.2, 0.25) is 0 Å². The lowest BCUT2D eigenvalue weighted by atomic mass is 9.94. The van der Waals surface area contributed by atoms with Gasteiger partial charge in [-0.2, -0.15) is 5.26 Å². The van der Waals surface area contributed by atoms with Crippen LogP contribution in [0.5, 0.6) is 0 Å². The fraction of sp³-hybridized carbons (Fsp3) is 0.571. The molecule has 1 aromatic rings. The molecule has 100 valence electrons. The number of anilines is 1. The molecule has 19 heavy (non-hydrogen) atoms. The molecular weight excluding hydrogens is 243 g/mol. The van der Waals surface area contributed by atoms with E-state index in [1.165, 1.54) is 37.9 Å². The Morgan fingerprint density at radius 1 is 1.42 bits per heavy atom. The lowest BCUT2D eigenvalue weighted by Gasteiger charge is -2.32. The molecule has 0 atom stereocenters. The predicted octanol–water partition coefficient (Wildman–Crippen LogP) is 2.13. The molecular formula is C14H17FN4. The van der Waals surface area contributed by atoms with E-state index >= 15 is 0 Å². The van der Waals surface area contributed by atoms with Crippen molar-refractivity contribution in [3.05, 3.63) is 23.6 Å². The first-order chi connectivity index (χ1) is 9.23. The van der Waals surface area contributed by atoms with Crippen LogP contribution in [-0.4, -0.2) is 35.1 Å². The number of hydrogen-bond donors (Lipinski definition) is 1. The number of nitrogens with zero attached hydrogens (tertiary/aromatic N) is 3. The van der Waals surface area contributed by atoms with Gasteiger partial charge in [-0.05, 0) is 44.8 Å². The van der Waals surface area contributed by atoms with Gasteiger partial charge in [-0.3, -0.25) is 4.90 Å². The van der Waals surface area contributed by atoms with E-state index in [9.17, 15) is 4.39 Å². The maximum atomic E-state index is 13.8. The van der Waals surface area contributed by atoms with Gasteiger partial charge in [0.05, 0.1) is 5.56 Å². The molecule has 2 aliphatic rings. The predicted molar refractivity (Wildman–Crippen MR) is 70.2 cm³/mol. The Hall–Kier alpha value is -1.67. The van der Waals surface area contributed by atoms with Gasteiger partial charge in [0.15, 0.2) is 11.6 Å². The summed E-state index contributed by atoms with van der Waals surface area (Å²) in [5.41, 5.74) is 0.451. The molecule has 0 bridgehead atoms. The molecule has 0 aromatic carbocycles. The van der Waals surface area contributed by atoms with E-state index in [0.717, 1.165) is 19.6 Å². The van der Waals surface area contributed by atoms with Gasteiger partial charge >= 0.3 is 0 Å². The Kier molecular flexibility index (Phi) is 3.11. The van der Waals surface area contributed by atoms with Gasteiger partial charge in [0, 0.05) is 18.3 Å². The Bertz CT molecular complexity index is 513. The fourth-order valence-corrected chi connectivity index (χ4v) is 3.39. The zero-order valence-corrected chi connectivity index (χ0v) is 10.8. The third kappa shape index (κ3) is 2.17. The summed E-state index contributed by atoms with van der Waals surface area (Å²) in [5.74, 6) is -0.190. The van der Waals surface area contributed by atoms with Crippen LogP contribution in [0.25, 0.3) is 0 Å². The summed E-state index contributed by atoms with van der Waals surface area (Å²) >= 11 is 0. The second-order valence-electron chi connectivity index (χ2n) is 5.44. The minimum absolute atomic E-state index is 0.196. The van der Waals surface area contributed by atoms with Crippen LogP contribution in [0.2, 0.25) is 0 Å². The molecule has 2 aliphatic heterocycles. The molecule has 5 heteroatoms. The summed E-state index contributed by atoms with van der Waals surface area (Å²) in [5, 5.41) is 11.8. The lowest BCUT2D eigenvalue weighted by Crippen LogP contribution is -2.44. The minimum Gasteiger partial charge on any atom is -0.366 e. The largest absolute Gasteiger partial charge is 0.366 e. The third-order valence-electron chi connectivity index (χ3n) is 4.37. The first-order valence-corrected chi connectivity index (χ1v) is 6.78. The molecule has 1 aromatic heterocycles. The van der Waals surface area contributed by atoms with Gasteiger partial charge in [0.1, 0.15) is 6.07 Å². The monoisotopic (exact) mass is 260 g/mol. The smallest absolute Gasteiger partial charge is 0.166 e. The Morgan fingerprint density at radius 3 is 2.79 bits per heavy atom. The van der Waals surface area contributed by atoms with Gasteiger partial charge in [-0.1, -0.05) is 0 Å². The van der Waals surface area contributed by atoms with Crippen molar-refractivity contribution in [3.63, 3.8) is 0 Å². The number of nitriles is 1. The van der Waals surface area contributed by atoms with E-state index in [4.69, 9.17) is 5.26 Å². The molecule has 2 saturated heterocycles. The fourth-order valence-electron chi connectivity index (χ4n) is 3.39. The first-order valence-electron chi connectivity index (χ1n) is 6.78. The van der Waals surface area contributed by atoms with Crippen LogP contribution in [0.3, 0.4) is 0 Å². The number of aromatic nitrogens is 1. The molecule has 4 nitrogen and oxygen atoms in total. The standard InChI is InChI=1S/C14H17FN4/c15-12-7-11(8-16)9-17-13(12)18-10-14-3-1-5-19(14)6-2-4-14/h7,9H,1-6,10H2,(H,17,18). The number of fused-ring (bicyclic) bond motifs is 1. The number of halogens is 1. The normalized spacial score (nSPS) is 21.1. The van der Waals surface area contributed by atoms with Crippen molar-refractivity contribution in [1.29, 1.82) is 5.26 Å². The van der Waals surface area contributed by atoms with E-state index in [2.05, 4.69) is 15.2 Å². The maximum absolute atomic E-state index is 13.8. The molecule has 3 heterocycles. The van der Waals surface area contributed by atoms with Crippen molar-refractivity contribution >= 4 is 5.82 Å². The molecule has 1 N–H and O–H groups in total. The average Bonchev–Trinajstić information content (AvgIpc) is 2.96. The van der Waals surface area contributed by atoms with Crippen LogP contribution < -0.4 is 5.32 Å². The van der Waals surface area contributed by atoms with Crippen LogP contribution >= 0.6 is 0 Å². The van der Waals surface area contributed by atoms with Gasteiger partial charge in [-0.15, -0.1) is 0 Å². The first kappa shape index (κ1) is 12.4. The van der Waals surface area contributed by atoms with Crippen molar-refractivity contribution in [2.75, 3.05) is 25.0 Å². The molecule has 2 fully saturated rings. The summed E-state index contributed by atoms with van der Waals surface area (Å²) in [6, 6.07) is 3.12. The molecule has 0 aliphatic carbocycles. The van der Waals surface area contributed by atoms with E-state index < -0.39 is 5.82 Å². The van der Waals surface area contributed by atoms with Crippen LogP contribution in [0.4, 0.5) is 10.2 Å². The van der Waals surface area contributed by atoms with E-state index in [1.54, 1.807) is 0 Å². The Labute approximate surface area is 112 Å². The second kappa shape index (κ2) is 4.78. The molecule has 0 spiro atoms.